The van der Waals surface area contributed by atoms with Crippen molar-refractivity contribution in [1.29, 1.82) is 0 Å². The molecule has 1 rings (SSSR count). The topological polar surface area (TPSA) is 15.8 Å². The van der Waals surface area contributed by atoms with Crippen molar-refractivity contribution in [2.24, 2.45) is 0 Å². The highest BCUT2D eigenvalue weighted by Crippen LogP contribution is 1.83. The van der Waals surface area contributed by atoms with E-state index in [2.05, 4.69) is 4.98 Å². The number of hydrogen-bond donors (Lipinski definition) is 1. The largest absolute Gasteiger partial charge is 0.368 e. The predicted octanol–water partition coefficient (Wildman–Crippen LogP) is 2.77. The molecule has 1 aromatic heterocycles. The van der Waals surface area contributed by atoms with Crippen molar-refractivity contribution in [2.45, 2.75) is 19.8 Å². The second-order valence-electron chi connectivity index (χ2n) is 1.93. The number of alkyl halides is 1. The Hall–Kier alpha value is -0.790. The summed E-state index contributed by atoms with van der Waals surface area (Å²) in [6.45, 7) is 1.82. The predicted molar refractivity (Wildman–Crippen MR) is 41.7 cm³/mol. The lowest BCUT2D eigenvalue weighted by Gasteiger charge is -1.76. The fourth-order valence-electron chi connectivity index (χ4n) is 0.411. The fraction of sp³-hybridized carbons (Fsp3) is 0.500. The van der Waals surface area contributed by atoms with E-state index in [-0.39, 0.29) is 6.67 Å². The van der Waals surface area contributed by atoms with Crippen LogP contribution >= 0.6 is 0 Å². The zero-order valence-corrected chi connectivity index (χ0v) is 6.31. The van der Waals surface area contributed by atoms with Crippen molar-refractivity contribution < 1.29 is 4.39 Å². The van der Waals surface area contributed by atoms with Crippen molar-refractivity contribution >= 4 is 0 Å². The number of aromatic nitrogens is 1. The van der Waals surface area contributed by atoms with Gasteiger partial charge in [-0.25, -0.2) is 0 Å². The van der Waals surface area contributed by atoms with Gasteiger partial charge in [0, 0.05) is 12.4 Å². The molecule has 0 fully saturated rings. The third-order valence-corrected chi connectivity index (χ3v) is 0.983. The summed E-state index contributed by atoms with van der Waals surface area (Å²) in [4.78, 5) is 2.86. The number of aromatic amines is 1. The first kappa shape index (κ1) is 9.21. The molecule has 0 saturated heterocycles. The molecular weight excluding hydrogens is 129 g/mol. The van der Waals surface area contributed by atoms with E-state index in [0.29, 0.717) is 0 Å². The number of nitrogens with one attached hydrogen (secondary N) is 1. The molecule has 1 aromatic rings. The molecule has 0 amide bonds. The van der Waals surface area contributed by atoms with Crippen LogP contribution in [-0.4, -0.2) is 11.7 Å². The maximum absolute atomic E-state index is 11.0. The molecule has 2 heteroatoms. The third-order valence-electron chi connectivity index (χ3n) is 0.983. The monoisotopic (exact) mass is 143 g/mol. The van der Waals surface area contributed by atoms with E-state index in [4.69, 9.17) is 0 Å². The Kier molecular flexibility index (Phi) is 7.56. The molecule has 0 aliphatic rings. The van der Waals surface area contributed by atoms with Crippen LogP contribution in [0.1, 0.15) is 19.8 Å². The molecule has 0 unspecified atom stereocenters. The molecule has 0 aromatic carbocycles. The first-order valence-electron chi connectivity index (χ1n) is 3.55. The molecule has 10 heavy (non-hydrogen) atoms. The van der Waals surface area contributed by atoms with Crippen LogP contribution in [0.5, 0.6) is 0 Å². The summed E-state index contributed by atoms with van der Waals surface area (Å²) >= 11 is 0. The molecular formula is C8H14FN. The van der Waals surface area contributed by atoms with Gasteiger partial charge >= 0.3 is 0 Å². The minimum atomic E-state index is -0.156. The Morgan fingerprint density at radius 1 is 1.30 bits per heavy atom. The molecule has 1 N–H and O–H groups in total. The van der Waals surface area contributed by atoms with E-state index in [1.165, 1.54) is 0 Å². The minimum absolute atomic E-state index is 0.156. The van der Waals surface area contributed by atoms with Gasteiger partial charge in [0.25, 0.3) is 0 Å². The van der Waals surface area contributed by atoms with E-state index >= 15 is 0 Å². The molecule has 1 heterocycles. The fourth-order valence-corrected chi connectivity index (χ4v) is 0.411. The quantitative estimate of drug-likeness (QED) is 0.655. The molecule has 58 valence electrons. The average molecular weight is 143 g/mol. The Morgan fingerprint density at radius 3 is 2.00 bits per heavy atom. The van der Waals surface area contributed by atoms with Crippen LogP contribution in [0.25, 0.3) is 0 Å². The lowest BCUT2D eigenvalue weighted by atomic mass is 10.4. The standard InChI is InChI=1S/C4H9F.C4H5N/c1-2-3-4-5;1-2-4-5-3-1/h2-4H2,1H3;1-5H. The SMILES string of the molecule is CCCCF.c1cc[nH]c1. The van der Waals surface area contributed by atoms with Gasteiger partial charge in [-0.15, -0.1) is 0 Å². The number of halogens is 1. The van der Waals surface area contributed by atoms with E-state index < -0.39 is 0 Å². The van der Waals surface area contributed by atoms with Crippen LogP contribution in [0.15, 0.2) is 24.5 Å². The van der Waals surface area contributed by atoms with Gasteiger partial charge < -0.3 is 4.98 Å². The molecule has 0 atom stereocenters. The zero-order chi connectivity index (χ0) is 7.66. The van der Waals surface area contributed by atoms with Gasteiger partial charge in [0.05, 0.1) is 6.67 Å². The van der Waals surface area contributed by atoms with Gasteiger partial charge in [0.15, 0.2) is 0 Å². The summed E-state index contributed by atoms with van der Waals surface area (Å²) in [7, 11) is 0. The summed E-state index contributed by atoms with van der Waals surface area (Å²) in [5.74, 6) is 0. The van der Waals surface area contributed by atoms with Gasteiger partial charge in [-0.3, -0.25) is 4.39 Å². The number of rotatable bonds is 2. The van der Waals surface area contributed by atoms with Gasteiger partial charge in [-0.05, 0) is 18.6 Å². The second kappa shape index (κ2) is 8.21. The van der Waals surface area contributed by atoms with Crippen LogP contribution in [0.2, 0.25) is 0 Å². The third kappa shape index (κ3) is 7.21. The zero-order valence-electron chi connectivity index (χ0n) is 6.31. The van der Waals surface area contributed by atoms with E-state index in [1.54, 1.807) is 0 Å². The summed E-state index contributed by atoms with van der Waals surface area (Å²) in [6, 6.07) is 3.89. The summed E-state index contributed by atoms with van der Waals surface area (Å²) in [5.41, 5.74) is 0. The van der Waals surface area contributed by atoms with Crippen LogP contribution in [0, 0.1) is 0 Å². The average Bonchev–Trinajstić information content (AvgIpc) is 2.44. The number of unbranched alkanes of at least 4 members (excludes halogenated alkanes) is 1. The first-order valence-corrected chi connectivity index (χ1v) is 3.55. The minimum Gasteiger partial charge on any atom is -0.368 e. The van der Waals surface area contributed by atoms with Crippen molar-refractivity contribution in [3.8, 4) is 0 Å². The van der Waals surface area contributed by atoms with Crippen molar-refractivity contribution in [2.75, 3.05) is 6.67 Å². The molecule has 0 spiro atoms. The number of hydrogen-bond acceptors (Lipinski definition) is 0. The molecule has 0 radical (unpaired) electrons. The van der Waals surface area contributed by atoms with Crippen LogP contribution in [-0.2, 0) is 0 Å². The Morgan fingerprint density at radius 2 is 1.90 bits per heavy atom. The lowest BCUT2D eigenvalue weighted by Crippen LogP contribution is -1.67. The Balaban J connectivity index is 0.000000162. The summed E-state index contributed by atoms with van der Waals surface area (Å²) in [6.07, 6.45) is 5.44. The van der Waals surface area contributed by atoms with Gasteiger partial charge in [-0.2, -0.15) is 0 Å². The highest BCUT2D eigenvalue weighted by molar-refractivity contribution is 4.84. The molecule has 0 saturated carbocycles. The summed E-state index contributed by atoms with van der Waals surface area (Å²) in [5, 5.41) is 0. The first-order chi connectivity index (χ1) is 4.91. The van der Waals surface area contributed by atoms with Crippen molar-refractivity contribution in [3.63, 3.8) is 0 Å². The maximum Gasteiger partial charge on any atom is 0.0894 e. The van der Waals surface area contributed by atoms with Gasteiger partial charge in [-0.1, -0.05) is 13.3 Å². The summed E-state index contributed by atoms with van der Waals surface area (Å²) < 4.78 is 11.0. The highest BCUT2D eigenvalue weighted by atomic mass is 19.1. The molecule has 0 aliphatic heterocycles. The number of H-pyrrole nitrogens is 1. The van der Waals surface area contributed by atoms with Crippen LogP contribution in [0.4, 0.5) is 4.39 Å². The molecule has 0 aliphatic carbocycles. The van der Waals surface area contributed by atoms with E-state index in [9.17, 15) is 4.39 Å². The second-order valence-corrected chi connectivity index (χ2v) is 1.93. The van der Waals surface area contributed by atoms with Crippen LogP contribution in [0.3, 0.4) is 0 Å². The Bertz CT molecular complexity index is 95.6. The van der Waals surface area contributed by atoms with Gasteiger partial charge in [0.2, 0.25) is 0 Å². The molecule has 1 nitrogen and oxygen atoms in total. The highest BCUT2D eigenvalue weighted by Gasteiger charge is 1.71. The van der Waals surface area contributed by atoms with Crippen molar-refractivity contribution in [3.05, 3.63) is 24.5 Å². The van der Waals surface area contributed by atoms with Crippen LogP contribution < -0.4 is 0 Å². The molecule has 0 bridgehead atoms. The lowest BCUT2D eigenvalue weighted by molar-refractivity contribution is 0.469. The van der Waals surface area contributed by atoms with E-state index in [1.807, 2.05) is 31.5 Å². The van der Waals surface area contributed by atoms with Gasteiger partial charge in [0.1, 0.15) is 0 Å². The maximum atomic E-state index is 11.0. The Labute approximate surface area is 61.3 Å². The van der Waals surface area contributed by atoms with E-state index in [0.717, 1.165) is 12.8 Å². The normalized spacial score (nSPS) is 8.20. The van der Waals surface area contributed by atoms with Crippen molar-refractivity contribution in [1.82, 2.24) is 4.98 Å². The smallest absolute Gasteiger partial charge is 0.0894 e.